The number of thioether (sulfide) groups is 1. The molecule has 0 saturated heterocycles. The highest BCUT2D eigenvalue weighted by molar-refractivity contribution is 7.99. The standard InChI is InChI=1S/C11H15ClN2O2S/c1-6(2)10(11(15)16)17-5-9-13-7(3)4-8(12)14-9/h4,6,10H,5H2,1-3H3,(H,15,16). The molecule has 1 rings (SSSR count). The summed E-state index contributed by atoms with van der Waals surface area (Å²) in [7, 11) is 0. The zero-order valence-corrected chi connectivity index (χ0v) is 11.5. The van der Waals surface area contributed by atoms with Crippen LogP contribution in [0.3, 0.4) is 0 Å². The van der Waals surface area contributed by atoms with Crippen LogP contribution >= 0.6 is 23.4 Å². The van der Waals surface area contributed by atoms with Crippen molar-refractivity contribution in [3.8, 4) is 0 Å². The quantitative estimate of drug-likeness (QED) is 0.837. The van der Waals surface area contributed by atoms with Crippen LogP contribution in [0.25, 0.3) is 0 Å². The molecule has 94 valence electrons. The summed E-state index contributed by atoms with van der Waals surface area (Å²) in [4.78, 5) is 19.3. The molecule has 1 aromatic heterocycles. The normalized spacial score (nSPS) is 12.8. The minimum atomic E-state index is -0.802. The number of aromatic nitrogens is 2. The maximum Gasteiger partial charge on any atom is 0.316 e. The van der Waals surface area contributed by atoms with Crippen molar-refractivity contribution in [1.29, 1.82) is 0 Å². The van der Waals surface area contributed by atoms with Crippen molar-refractivity contribution in [2.75, 3.05) is 0 Å². The van der Waals surface area contributed by atoms with Gasteiger partial charge in [0.2, 0.25) is 0 Å². The Morgan fingerprint density at radius 3 is 2.65 bits per heavy atom. The van der Waals surface area contributed by atoms with Crippen LogP contribution < -0.4 is 0 Å². The van der Waals surface area contributed by atoms with Gasteiger partial charge in [0.25, 0.3) is 0 Å². The van der Waals surface area contributed by atoms with Gasteiger partial charge >= 0.3 is 5.97 Å². The second-order valence-electron chi connectivity index (χ2n) is 4.06. The lowest BCUT2D eigenvalue weighted by molar-refractivity contribution is -0.137. The van der Waals surface area contributed by atoms with Gasteiger partial charge in [-0.2, -0.15) is 0 Å². The minimum Gasteiger partial charge on any atom is -0.480 e. The molecule has 0 aliphatic rings. The van der Waals surface area contributed by atoms with Crippen molar-refractivity contribution in [2.45, 2.75) is 31.8 Å². The highest BCUT2D eigenvalue weighted by Crippen LogP contribution is 2.23. The predicted octanol–water partition coefficient (Wildman–Crippen LogP) is 2.78. The monoisotopic (exact) mass is 274 g/mol. The van der Waals surface area contributed by atoms with E-state index in [-0.39, 0.29) is 5.92 Å². The van der Waals surface area contributed by atoms with Gasteiger partial charge in [0, 0.05) is 5.69 Å². The Balaban J connectivity index is 2.68. The zero-order valence-electron chi connectivity index (χ0n) is 9.98. The number of nitrogens with zero attached hydrogens (tertiary/aromatic N) is 2. The average molecular weight is 275 g/mol. The molecule has 0 bridgehead atoms. The molecule has 1 aromatic rings. The predicted molar refractivity (Wildman–Crippen MR) is 69.3 cm³/mol. The minimum absolute atomic E-state index is 0.0674. The Morgan fingerprint density at radius 1 is 1.53 bits per heavy atom. The fourth-order valence-electron chi connectivity index (χ4n) is 1.37. The summed E-state index contributed by atoms with van der Waals surface area (Å²) in [5.41, 5.74) is 0.789. The van der Waals surface area contributed by atoms with Gasteiger partial charge < -0.3 is 5.11 Å². The van der Waals surface area contributed by atoms with Crippen LogP contribution in [-0.2, 0) is 10.5 Å². The number of aryl methyl sites for hydroxylation is 1. The molecule has 0 aliphatic heterocycles. The molecule has 17 heavy (non-hydrogen) atoms. The molecule has 4 nitrogen and oxygen atoms in total. The average Bonchev–Trinajstić information content (AvgIpc) is 2.14. The zero-order chi connectivity index (χ0) is 13.0. The van der Waals surface area contributed by atoms with Crippen molar-refractivity contribution in [3.05, 3.63) is 22.7 Å². The molecule has 1 atom stereocenters. The molecule has 0 radical (unpaired) electrons. The highest BCUT2D eigenvalue weighted by atomic mass is 35.5. The lowest BCUT2D eigenvalue weighted by Gasteiger charge is -2.15. The summed E-state index contributed by atoms with van der Waals surface area (Å²) >= 11 is 7.14. The number of hydrogen-bond acceptors (Lipinski definition) is 4. The lowest BCUT2D eigenvalue weighted by Crippen LogP contribution is -2.22. The molecular weight excluding hydrogens is 260 g/mol. The summed E-state index contributed by atoms with van der Waals surface area (Å²) < 4.78 is 0. The number of halogens is 1. The Bertz CT molecular complexity index is 392. The second kappa shape index (κ2) is 6.21. The molecule has 6 heteroatoms. The number of hydrogen-bond donors (Lipinski definition) is 1. The second-order valence-corrected chi connectivity index (χ2v) is 5.58. The van der Waals surface area contributed by atoms with Gasteiger partial charge in [0.1, 0.15) is 16.2 Å². The van der Waals surface area contributed by atoms with Crippen molar-refractivity contribution in [1.82, 2.24) is 9.97 Å². The molecule has 1 N–H and O–H groups in total. The van der Waals surface area contributed by atoms with Crippen LogP contribution in [0.4, 0.5) is 0 Å². The third-order valence-electron chi connectivity index (χ3n) is 2.11. The first-order valence-corrected chi connectivity index (χ1v) is 6.67. The van der Waals surface area contributed by atoms with E-state index in [1.165, 1.54) is 11.8 Å². The van der Waals surface area contributed by atoms with Crippen LogP contribution in [0.2, 0.25) is 5.15 Å². The Kier molecular flexibility index (Phi) is 5.21. The van der Waals surface area contributed by atoms with Crippen molar-refractivity contribution >= 4 is 29.3 Å². The number of aliphatic carboxylic acids is 1. The number of carbonyl (C=O) groups is 1. The maximum atomic E-state index is 11.0. The molecule has 0 aliphatic carbocycles. The SMILES string of the molecule is Cc1cc(Cl)nc(CSC(C(=O)O)C(C)C)n1. The van der Waals surface area contributed by atoms with Gasteiger partial charge in [-0.25, -0.2) is 9.97 Å². The Labute approximate surface area is 110 Å². The van der Waals surface area contributed by atoms with E-state index in [2.05, 4.69) is 9.97 Å². The smallest absolute Gasteiger partial charge is 0.316 e. The lowest BCUT2D eigenvalue weighted by atomic mass is 10.1. The molecule has 1 unspecified atom stereocenters. The Morgan fingerprint density at radius 2 is 2.18 bits per heavy atom. The van der Waals surface area contributed by atoms with E-state index in [1.807, 2.05) is 20.8 Å². The highest BCUT2D eigenvalue weighted by Gasteiger charge is 2.22. The third kappa shape index (κ3) is 4.52. The van der Waals surface area contributed by atoms with E-state index in [0.29, 0.717) is 16.7 Å². The number of rotatable bonds is 5. The van der Waals surface area contributed by atoms with Crippen LogP contribution in [0, 0.1) is 12.8 Å². The summed E-state index contributed by atoms with van der Waals surface area (Å²) in [6.45, 7) is 5.60. The van der Waals surface area contributed by atoms with E-state index in [0.717, 1.165) is 5.69 Å². The van der Waals surface area contributed by atoms with Gasteiger partial charge in [-0.1, -0.05) is 25.4 Å². The molecular formula is C11H15ClN2O2S. The molecule has 0 fully saturated rings. The first-order valence-electron chi connectivity index (χ1n) is 5.24. The Hall–Kier alpha value is -0.810. The fraction of sp³-hybridized carbons (Fsp3) is 0.545. The van der Waals surface area contributed by atoms with E-state index in [9.17, 15) is 4.79 Å². The molecule has 0 amide bonds. The maximum absolute atomic E-state index is 11.0. The summed E-state index contributed by atoms with van der Waals surface area (Å²) in [6.07, 6.45) is 0. The van der Waals surface area contributed by atoms with Crippen molar-refractivity contribution < 1.29 is 9.90 Å². The van der Waals surface area contributed by atoms with Crippen LogP contribution in [-0.4, -0.2) is 26.3 Å². The molecule has 1 heterocycles. The van der Waals surface area contributed by atoms with Crippen LogP contribution in [0.1, 0.15) is 25.4 Å². The summed E-state index contributed by atoms with van der Waals surface area (Å²) in [6, 6.07) is 1.67. The summed E-state index contributed by atoms with van der Waals surface area (Å²) in [5, 5.41) is 8.99. The van der Waals surface area contributed by atoms with Gasteiger partial charge in [0.15, 0.2) is 0 Å². The van der Waals surface area contributed by atoms with Crippen molar-refractivity contribution in [3.63, 3.8) is 0 Å². The fourth-order valence-corrected chi connectivity index (χ4v) is 2.61. The molecule has 0 aromatic carbocycles. The van der Waals surface area contributed by atoms with E-state index in [1.54, 1.807) is 6.07 Å². The van der Waals surface area contributed by atoms with E-state index < -0.39 is 11.2 Å². The van der Waals surface area contributed by atoms with E-state index in [4.69, 9.17) is 16.7 Å². The first kappa shape index (κ1) is 14.3. The number of carboxylic acids is 1. The van der Waals surface area contributed by atoms with Gasteiger partial charge in [-0.05, 0) is 18.9 Å². The summed E-state index contributed by atoms with van der Waals surface area (Å²) in [5.74, 6) is 0.296. The molecule has 0 spiro atoms. The van der Waals surface area contributed by atoms with Crippen LogP contribution in [0.5, 0.6) is 0 Å². The number of carboxylic acid groups (broad SMARTS) is 1. The van der Waals surface area contributed by atoms with Crippen molar-refractivity contribution in [2.24, 2.45) is 5.92 Å². The van der Waals surface area contributed by atoms with Gasteiger partial charge in [-0.3, -0.25) is 4.79 Å². The molecule has 0 saturated carbocycles. The van der Waals surface area contributed by atoms with Gasteiger partial charge in [-0.15, -0.1) is 11.8 Å². The van der Waals surface area contributed by atoms with E-state index >= 15 is 0 Å². The largest absolute Gasteiger partial charge is 0.480 e. The van der Waals surface area contributed by atoms with Gasteiger partial charge in [0.05, 0.1) is 5.75 Å². The van der Waals surface area contributed by atoms with Crippen LogP contribution in [0.15, 0.2) is 6.07 Å². The first-order chi connectivity index (χ1) is 7.90. The third-order valence-corrected chi connectivity index (χ3v) is 3.83. The topological polar surface area (TPSA) is 63.1 Å².